The maximum absolute atomic E-state index is 12.4. The molecular weight excluding hydrogens is 363 g/mol. The zero-order chi connectivity index (χ0) is 20.0. The van der Waals surface area contributed by atoms with E-state index in [2.05, 4.69) is 0 Å². The molecule has 25 heavy (non-hydrogen) atoms. The first-order chi connectivity index (χ1) is 10.9. The molecule has 2 rings (SSSR count). The maximum Gasteiger partial charge on any atom is 0.485 e. The number of carbonyl (C=O) groups is 2. The Balaban J connectivity index is 0.000000333. The van der Waals surface area contributed by atoms with Crippen molar-refractivity contribution in [3.05, 3.63) is 29.3 Å². The van der Waals surface area contributed by atoms with Crippen molar-refractivity contribution in [2.24, 2.45) is 5.41 Å². The molecule has 1 aromatic carbocycles. The number of ketones is 2. The van der Waals surface area contributed by atoms with Gasteiger partial charge in [-0.3, -0.25) is 14.1 Å². The van der Waals surface area contributed by atoms with Gasteiger partial charge in [-0.25, -0.2) is 8.42 Å². The van der Waals surface area contributed by atoms with Crippen LogP contribution in [0.1, 0.15) is 34.6 Å². The molecular formula is C15H18F3NO5S. The quantitative estimate of drug-likeness (QED) is 0.322. The number of nitrogens with zero attached hydrogens (tertiary/aromatic N) is 1. The minimum absolute atomic E-state index is 0.0545. The monoisotopic (exact) mass is 381 g/mol. The summed E-state index contributed by atoms with van der Waals surface area (Å²) in [5.41, 5.74) is -4.47. The van der Waals surface area contributed by atoms with E-state index in [-0.39, 0.29) is 11.6 Å². The minimum Gasteiger partial charge on any atom is -0.741 e. The predicted octanol–water partition coefficient (Wildman–Crippen LogP) is 2.34. The lowest BCUT2D eigenvalue weighted by Gasteiger charge is -2.25. The fraction of sp³-hybridized carbons (Fsp3) is 0.467. The molecule has 0 spiro atoms. The Morgan fingerprint density at radius 3 is 1.84 bits per heavy atom. The Morgan fingerprint density at radius 2 is 1.48 bits per heavy atom. The molecule has 1 aromatic rings. The number of Topliss-reactive ketones (excluding diaryl/α,β-unsaturated/α-hetero) is 2. The van der Waals surface area contributed by atoms with Crippen LogP contribution < -0.4 is 4.48 Å². The summed E-state index contributed by atoms with van der Waals surface area (Å²) >= 11 is 0. The van der Waals surface area contributed by atoms with Gasteiger partial charge in [-0.05, 0) is 19.9 Å². The molecule has 0 aromatic heterocycles. The molecule has 10 heteroatoms. The molecule has 0 radical (unpaired) electrons. The highest BCUT2D eigenvalue weighted by Crippen LogP contribution is 2.41. The molecule has 1 aliphatic rings. The van der Waals surface area contributed by atoms with Crippen LogP contribution >= 0.6 is 0 Å². The third kappa shape index (κ3) is 4.07. The molecule has 0 unspecified atom stereocenters. The van der Waals surface area contributed by atoms with Gasteiger partial charge in [0.25, 0.3) is 0 Å². The van der Waals surface area contributed by atoms with Crippen LogP contribution in [0.5, 0.6) is 0 Å². The van der Waals surface area contributed by atoms with Gasteiger partial charge in [0.15, 0.2) is 21.7 Å². The first-order valence-corrected chi connectivity index (χ1v) is 8.40. The van der Waals surface area contributed by atoms with E-state index in [1.165, 1.54) is 0 Å². The highest BCUT2D eigenvalue weighted by Gasteiger charge is 2.48. The van der Waals surface area contributed by atoms with Crippen molar-refractivity contribution < 1.29 is 35.7 Å². The van der Waals surface area contributed by atoms with Crippen molar-refractivity contribution in [2.75, 3.05) is 21.1 Å². The lowest BCUT2D eigenvalue weighted by Crippen LogP contribution is -2.36. The van der Waals surface area contributed by atoms with Crippen LogP contribution in [0.15, 0.2) is 18.2 Å². The normalized spacial score (nSPS) is 17.0. The molecule has 0 atom stereocenters. The van der Waals surface area contributed by atoms with E-state index >= 15 is 0 Å². The second-order valence-electron chi connectivity index (χ2n) is 6.90. The van der Waals surface area contributed by atoms with E-state index in [1.807, 2.05) is 33.3 Å². The number of alkyl halides is 3. The van der Waals surface area contributed by atoms with Gasteiger partial charge in [0.2, 0.25) is 0 Å². The van der Waals surface area contributed by atoms with E-state index in [0.29, 0.717) is 15.6 Å². The third-order valence-electron chi connectivity index (χ3n) is 3.66. The maximum atomic E-state index is 12.4. The van der Waals surface area contributed by atoms with Gasteiger partial charge < -0.3 is 4.55 Å². The van der Waals surface area contributed by atoms with Crippen LogP contribution in [0.2, 0.25) is 0 Å². The average Bonchev–Trinajstić information content (AvgIpc) is 2.58. The smallest absolute Gasteiger partial charge is 0.485 e. The third-order valence-corrected chi connectivity index (χ3v) is 4.22. The van der Waals surface area contributed by atoms with Crippen molar-refractivity contribution in [3.63, 3.8) is 0 Å². The van der Waals surface area contributed by atoms with E-state index < -0.39 is 21.0 Å². The zero-order valence-electron chi connectivity index (χ0n) is 14.3. The van der Waals surface area contributed by atoms with Crippen molar-refractivity contribution >= 4 is 27.4 Å². The van der Waals surface area contributed by atoms with Gasteiger partial charge in [0.05, 0.1) is 32.1 Å². The summed E-state index contributed by atoms with van der Waals surface area (Å²) in [5, 5.41) is 0. The van der Waals surface area contributed by atoms with Gasteiger partial charge in [-0.2, -0.15) is 13.2 Å². The molecule has 140 valence electrons. The fourth-order valence-corrected chi connectivity index (χ4v) is 2.28. The molecule has 0 heterocycles. The molecule has 1 aliphatic carbocycles. The van der Waals surface area contributed by atoms with Gasteiger partial charge in [0.1, 0.15) is 5.69 Å². The van der Waals surface area contributed by atoms with Gasteiger partial charge >= 0.3 is 5.51 Å². The molecule has 0 N–H and O–H groups in total. The zero-order valence-corrected chi connectivity index (χ0v) is 15.1. The summed E-state index contributed by atoms with van der Waals surface area (Å²) < 4.78 is 59.4. The first kappa shape index (κ1) is 21.3. The molecule has 0 fully saturated rings. The van der Waals surface area contributed by atoms with E-state index in [9.17, 15) is 22.8 Å². The Morgan fingerprint density at radius 1 is 1.04 bits per heavy atom. The average molecular weight is 381 g/mol. The molecule has 0 bridgehead atoms. The number of halogens is 3. The number of hydrogen-bond acceptors (Lipinski definition) is 5. The SMILES string of the molecule is CC1(C)C(=O)c2cccc([N+](C)(C)C)c2C1=O.O=S(=O)([O-])C(F)(F)F. The fourth-order valence-electron chi connectivity index (χ4n) is 2.28. The lowest BCUT2D eigenvalue weighted by atomic mass is 9.88. The standard InChI is InChI=1S/C14H18NO2.CHF3O3S/c1-14(2)12(16)9-7-6-8-10(15(3,4)5)11(9)13(14)17;2-1(3,4)8(5,6)7/h6-8H,1-5H3;(H,5,6,7)/q+1;/p-1. The summed E-state index contributed by atoms with van der Waals surface area (Å²) in [4.78, 5) is 24.5. The highest BCUT2D eigenvalue weighted by atomic mass is 32.2. The molecule has 0 aliphatic heterocycles. The number of benzene rings is 1. The number of quaternary nitrogens is 1. The topological polar surface area (TPSA) is 91.3 Å². The summed E-state index contributed by atoms with van der Waals surface area (Å²) in [7, 11) is -0.0942. The van der Waals surface area contributed by atoms with Crippen molar-refractivity contribution in [2.45, 2.75) is 19.4 Å². The van der Waals surface area contributed by atoms with Crippen LogP contribution in [0.25, 0.3) is 0 Å². The summed E-state index contributed by atoms with van der Waals surface area (Å²) in [6, 6.07) is 5.53. The predicted molar refractivity (Wildman–Crippen MR) is 84.2 cm³/mol. The summed E-state index contributed by atoms with van der Waals surface area (Å²) in [5.74, 6) is -0.117. The minimum atomic E-state index is -6.09. The Hall–Kier alpha value is -1.78. The number of hydrogen-bond donors (Lipinski definition) is 0. The molecule has 0 saturated carbocycles. The summed E-state index contributed by atoms with van der Waals surface area (Å²) in [6.45, 7) is 3.41. The second-order valence-corrected chi connectivity index (χ2v) is 8.27. The lowest BCUT2D eigenvalue weighted by molar-refractivity contribution is -0.0517. The number of carbonyl (C=O) groups excluding carboxylic acids is 2. The van der Waals surface area contributed by atoms with Crippen molar-refractivity contribution in [3.8, 4) is 0 Å². The molecule has 0 amide bonds. The molecule has 0 saturated heterocycles. The van der Waals surface area contributed by atoms with Crippen LogP contribution in [-0.2, 0) is 10.1 Å². The van der Waals surface area contributed by atoms with Crippen LogP contribution in [0.4, 0.5) is 18.9 Å². The molecule has 6 nitrogen and oxygen atoms in total. The Kier molecular flexibility index (Phi) is 5.26. The van der Waals surface area contributed by atoms with Gasteiger partial charge in [-0.1, -0.05) is 12.1 Å². The summed E-state index contributed by atoms with van der Waals surface area (Å²) in [6.07, 6.45) is 0. The van der Waals surface area contributed by atoms with E-state index in [1.54, 1.807) is 19.9 Å². The largest absolute Gasteiger partial charge is 0.741 e. The van der Waals surface area contributed by atoms with Crippen LogP contribution in [0.3, 0.4) is 0 Å². The van der Waals surface area contributed by atoms with Crippen molar-refractivity contribution in [1.29, 1.82) is 0 Å². The van der Waals surface area contributed by atoms with Gasteiger partial charge in [-0.15, -0.1) is 0 Å². The number of rotatable bonds is 1. The van der Waals surface area contributed by atoms with Crippen LogP contribution in [0, 0.1) is 5.41 Å². The van der Waals surface area contributed by atoms with Crippen molar-refractivity contribution in [1.82, 2.24) is 4.48 Å². The van der Waals surface area contributed by atoms with Gasteiger partial charge in [0, 0.05) is 5.56 Å². The first-order valence-electron chi connectivity index (χ1n) is 6.99. The van der Waals surface area contributed by atoms with E-state index in [0.717, 1.165) is 5.69 Å². The Bertz CT molecular complexity index is 821. The highest BCUT2D eigenvalue weighted by molar-refractivity contribution is 7.86. The van der Waals surface area contributed by atoms with E-state index in [4.69, 9.17) is 13.0 Å². The number of fused-ring (bicyclic) bond motifs is 1. The second kappa shape index (κ2) is 6.19. The Labute approximate surface area is 143 Å². The van der Waals surface area contributed by atoms with Crippen LogP contribution in [-0.4, -0.2) is 51.2 Å².